The second kappa shape index (κ2) is 34.5. The van der Waals surface area contributed by atoms with Crippen LogP contribution in [0.4, 0.5) is 20.1 Å². The summed E-state index contributed by atoms with van der Waals surface area (Å²) in [6, 6.07) is 3.59. The number of esters is 2. The number of cyclic esters (lactones) is 1. The van der Waals surface area contributed by atoms with Gasteiger partial charge in [-0.1, -0.05) is 77.5 Å². The number of anilines is 1. The van der Waals surface area contributed by atoms with Crippen LogP contribution in [0, 0.1) is 17.8 Å². The lowest BCUT2D eigenvalue weighted by Gasteiger charge is -2.39. The van der Waals surface area contributed by atoms with Crippen LogP contribution in [0.5, 0.6) is 0 Å². The van der Waals surface area contributed by atoms with Gasteiger partial charge in [0.1, 0.15) is 24.8 Å². The number of piperazine rings is 1. The van der Waals surface area contributed by atoms with E-state index in [1.54, 1.807) is 96.2 Å². The highest BCUT2D eigenvalue weighted by molar-refractivity contribution is 6.12. The lowest BCUT2D eigenvalue weighted by molar-refractivity contribution is -0.158. The molecule has 1 aromatic carbocycles. The standard InChI is InChI=1S/C64H94N8O18/c1-10-48(75)42(6)57-49(88-57)37-63(8,85)28-14-16-40(4)56-41(5)19-24-50(87-43(7)73)64(9,29-27-46(74)36-54(79)89-56)90-62(84)71-34-32-70(33-35-71)61(83)86-38-44-20-22-45(23-21-44)67-58(80)47(17-15-30-66-60(65)82)68-59(81)55(39(2)3)69-51(76)18-12-11-13-31-72-52(77)25-26-53(72)78/h14,16,19-26,28,39,41-42,46-50,55-57,74-75,85H,10-13,15,17-18,27,29-38H2,1-9H3,(H,67,80)(H,68,81)(H,69,76)(H3,65,66,82)/b24-19+,28-14+,40-16+/t41-,42+,46+,47-,48-,49+,50-,55-,56+,57+,63?,64+/m0/s1. The number of nitrogens with zero attached hydrogens (tertiary/aromatic N) is 3. The molecule has 0 aromatic heterocycles. The topological polar surface area (TPSA) is 365 Å². The number of nitrogens with one attached hydrogen (secondary N) is 4. The highest BCUT2D eigenvalue weighted by Gasteiger charge is 2.47. The highest BCUT2D eigenvalue weighted by atomic mass is 16.6. The average Bonchev–Trinajstić information content (AvgIpc) is 1.86. The Bertz CT molecular complexity index is 2780. The number of ether oxygens (including phenoxy) is 5. The number of aliphatic hydroxyl groups is 3. The SMILES string of the molecule is CC[C@H](O)[C@@H](C)[C@H]1O[C@@H]1CC(C)(O)/C=C/C=C(\C)[C@H]1OC(=O)C[C@H](O)CC[C@@](C)(OC(=O)N2CCN(C(=O)OCc3ccc(NC(=O)[C@H](CCCNC(N)=O)NC(=O)[C@@H](NC(=O)CCCCCN4C(=O)C=CC4=O)C(C)C)cc3)CC2)[C@@H](OC(C)=O)/C=C/[C@@H]1C. The molecule has 26 nitrogen and oxygen atoms in total. The van der Waals surface area contributed by atoms with Crippen LogP contribution in [-0.2, 0) is 63.9 Å². The molecule has 1 unspecified atom stereocenters. The van der Waals surface area contributed by atoms with Gasteiger partial charge in [-0.05, 0) is 101 Å². The van der Waals surface area contributed by atoms with E-state index in [-0.39, 0.29) is 126 Å². The number of epoxide rings is 1. The van der Waals surface area contributed by atoms with Gasteiger partial charge < -0.3 is 75.8 Å². The number of unbranched alkanes of at least 4 members (excludes halogenated alkanes) is 2. The van der Waals surface area contributed by atoms with Crippen LogP contribution in [0.2, 0.25) is 0 Å². The first-order valence-corrected chi connectivity index (χ1v) is 31.1. The van der Waals surface area contributed by atoms with E-state index in [1.807, 2.05) is 13.8 Å². The van der Waals surface area contributed by atoms with Crippen molar-refractivity contribution in [3.8, 4) is 0 Å². The third-order valence-corrected chi connectivity index (χ3v) is 16.4. The Hall–Kier alpha value is -7.68. The molecular weight excluding hydrogens is 1170 g/mol. The van der Waals surface area contributed by atoms with Crippen molar-refractivity contribution >= 4 is 65.4 Å². The van der Waals surface area contributed by atoms with Crippen molar-refractivity contribution in [2.75, 3.05) is 44.6 Å². The minimum atomic E-state index is -1.55. The zero-order valence-electron chi connectivity index (χ0n) is 53.3. The fourth-order valence-corrected chi connectivity index (χ4v) is 10.8. The third kappa shape index (κ3) is 23.3. The predicted octanol–water partition coefficient (Wildman–Crippen LogP) is 4.73. The summed E-state index contributed by atoms with van der Waals surface area (Å²) in [7, 11) is 0. The monoisotopic (exact) mass is 1260 g/mol. The summed E-state index contributed by atoms with van der Waals surface area (Å²) in [4.78, 5) is 132. The van der Waals surface area contributed by atoms with Gasteiger partial charge in [-0.25, -0.2) is 14.4 Å². The minimum absolute atomic E-state index is 0.0289. The van der Waals surface area contributed by atoms with Gasteiger partial charge in [0.05, 0.1) is 36.4 Å². The smallest absolute Gasteiger partial charge is 0.410 e. The molecule has 0 aliphatic carbocycles. The maximum atomic E-state index is 14.0. The van der Waals surface area contributed by atoms with Crippen molar-refractivity contribution in [2.24, 2.45) is 23.5 Å². The number of hydrogen-bond donors (Lipinski definition) is 8. The van der Waals surface area contributed by atoms with Gasteiger partial charge in [-0.2, -0.15) is 0 Å². The summed E-state index contributed by atoms with van der Waals surface area (Å²) in [6.07, 6.45) is 7.60. The summed E-state index contributed by atoms with van der Waals surface area (Å²) < 4.78 is 29.3. The van der Waals surface area contributed by atoms with E-state index < -0.39 is 95.6 Å². The fourth-order valence-electron chi connectivity index (χ4n) is 10.8. The van der Waals surface area contributed by atoms with Gasteiger partial charge in [-0.3, -0.25) is 38.5 Å². The number of carbonyl (C=O) groups excluding carboxylic acids is 10. The van der Waals surface area contributed by atoms with E-state index in [1.165, 1.54) is 28.9 Å². The van der Waals surface area contributed by atoms with Crippen LogP contribution < -0.4 is 27.0 Å². The fraction of sp³-hybridized carbons (Fsp3) is 0.625. The second-order valence-corrected chi connectivity index (χ2v) is 24.5. The molecular formula is C64H94N8O18. The number of amides is 9. The summed E-state index contributed by atoms with van der Waals surface area (Å²) in [6.45, 7) is 15.8. The molecule has 2 saturated heterocycles. The molecule has 9 N–H and O–H groups in total. The largest absolute Gasteiger partial charge is 0.457 e. The van der Waals surface area contributed by atoms with Gasteiger partial charge in [0, 0.05) is 88.7 Å². The molecule has 9 amide bonds. The van der Waals surface area contributed by atoms with Crippen molar-refractivity contribution in [1.82, 2.24) is 30.7 Å². The van der Waals surface area contributed by atoms with Crippen molar-refractivity contribution in [2.45, 2.75) is 199 Å². The van der Waals surface area contributed by atoms with Gasteiger partial charge >= 0.3 is 30.2 Å². The quantitative estimate of drug-likeness (QED) is 0.0107. The van der Waals surface area contributed by atoms with Crippen LogP contribution in [0.25, 0.3) is 0 Å². The summed E-state index contributed by atoms with van der Waals surface area (Å²) >= 11 is 0. The summed E-state index contributed by atoms with van der Waals surface area (Å²) in [5.41, 5.74) is 3.96. The summed E-state index contributed by atoms with van der Waals surface area (Å²) in [5, 5.41) is 43.3. The molecule has 4 heterocycles. The zero-order valence-corrected chi connectivity index (χ0v) is 53.3. The zero-order chi connectivity index (χ0) is 66.5. The molecule has 4 aliphatic heterocycles. The van der Waals surface area contributed by atoms with E-state index >= 15 is 0 Å². The Morgan fingerprint density at radius 1 is 0.900 bits per heavy atom. The molecule has 0 spiro atoms. The minimum Gasteiger partial charge on any atom is -0.457 e. The van der Waals surface area contributed by atoms with Crippen molar-refractivity contribution in [1.29, 1.82) is 0 Å². The number of hydrogen-bond acceptors (Lipinski definition) is 18. The molecule has 5 rings (SSSR count). The predicted molar refractivity (Wildman–Crippen MR) is 329 cm³/mol. The maximum absolute atomic E-state index is 14.0. The highest BCUT2D eigenvalue weighted by Crippen LogP contribution is 2.38. The van der Waals surface area contributed by atoms with E-state index in [4.69, 9.17) is 29.4 Å². The molecule has 498 valence electrons. The number of primary amides is 1. The van der Waals surface area contributed by atoms with Crippen LogP contribution in [0.3, 0.4) is 0 Å². The third-order valence-electron chi connectivity index (χ3n) is 16.4. The van der Waals surface area contributed by atoms with Crippen molar-refractivity contribution < 1.29 is 86.9 Å². The Morgan fingerprint density at radius 3 is 2.18 bits per heavy atom. The first-order valence-electron chi connectivity index (χ1n) is 31.1. The van der Waals surface area contributed by atoms with Crippen LogP contribution in [0.1, 0.15) is 139 Å². The number of rotatable bonds is 28. The summed E-state index contributed by atoms with van der Waals surface area (Å²) in [5.74, 6) is -4.62. The lowest BCUT2D eigenvalue weighted by atomic mass is 9.88. The molecule has 0 radical (unpaired) electrons. The Labute approximate surface area is 526 Å². The number of carbonyl (C=O) groups is 10. The van der Waals surface area contributed by atoms with Crippen LogP contribution in [0.15, 0.2) is 72.4 Å². The van der Waals surface area contributed by atoms with Crippen molar-refractivity contribution in [3.05, 3.63) is 77.9 Å². The number of aliphatic hydroxyl groups excluding tert-OH is 2. The number of imide groups is 1. The average molecular weight is 1260 g/mol. The second-order valence-electron chi connectivity index (χ2n) is 24.5. The number of allylic oxidation sites excluding steroid dienone is 2. The van der Waals surface area contributed by atoms with Gasteiger partial charge in [0.25, 0.3) is 11.8 Å². The van der Waals surface area contributed by atoms with Gasteiger partial charge in [-0.15, -0.1) is 0 Å². The first-order chi connectivity index (χ1) is 42.5. The normalized spacial score (nSPS) is 24.7. The number of nitrogens with two attached hydrogens (primary N) is 1. The van der Waals surface area contributed by atoms with Crippen LogP contribution in [-0.4, -0.2) is 189 Å². The van der Waals surface area contributed by atoms with Crippen molar-refractivity contribution in [3.63, 3.8) is 0 Å². The van der Waals surface area contributed by atoms with Gasteiger partial charge in [0.2, 0.25) is 17.7 Å². The van der Waals surface area contributed by atoms with Gasteiger partial charge in [0.15, 0.2) is 11.7 Å². The Balaban J connectivity index is 1.13. The maximum Gasteiger partial charge on any atom is 0.410 e. The molecule has 2 fully saturated rings. The molecule has 12 atom stereocenters. The van der Waals surface area contributed by atoms with E-state index in [0.29, 0.717) is 48.9 Å². The molecule has 0 saturated carbocycles. The Kier molecular flexibility index (Phi) is 28.0. The van der Waals surface area contributed by atoms with Crippen LogP contribution >= 0.6 is 0 Å². The van der Waals surface area contributed by atoms with E-state index in [2.05, 4.69) is 21.3 Å². The van der Waals surface area contributed by atoms with E-state index in [9.17, 15) is 63.3 Å². The molecule has 90 heavy (non-hydrogen) atoms. The number of urea groups is 1. The molecule has 1 aromatic rings. The Morgan fingerprint density at radius 2 is 1.56 bits per heavy atom. The molecule has 4 aliphatic rings. The molecule has 26 heteroatoms. The number of benzene rings is 1. The van der Waals surface area contributed by atoms with E-state index in [0.717, 1.165) is 4.90 Å². The lowest BCUT2D eigenvalue weighted by Crippen LogP contribution is -2.54. The first kappa shape index (κ1) is 73.1. The molecule has 0 bridgehead atoms.